The van der Waals surface area contributed by atoms with E-state index in [1.807, 2.05) is 0 Å². The first kappa shape index (κ1) is 15.6. The van der Waals surface area contributed by atoms with Crippen LogP contribution in [0.2, 0.25) is 0 Å². The molecule has 5 atom stereocenters. The van der Waals surface area contributed by atoms with Gasteiger partial charge in [-0.3, -0.25) is 10.6 Å². The number of hydrogen-bond donors (Lipinski definition) is 3. The van der Waals surface area contributed by atoms with Gasteiger partial charge in [-0.05, 0) is 25.7 Å². The first-order chi connectivity index (χ1) is 10.3. The zero-order valence-electron chi connectivity index (χ0n) is 12.5. The van der Waals surface area contributed by atoms with E-state index in [2.05, 4.69) is 10.6 Å². The van der Waals surface area contributed by atoms with Crippen molar-refractivity contribution < 1.29 is 18.9 Å². The maximum Gasteiger partial charge on any atom is 0.133 e. The van der Waals surface area contributed by atoms with Crippen LogP contribution in [0, 0.1) is 0 Å². The van der Waals surface area contributed by atoms with Gasteiger partial charge in [-0.1, -0.05) is 0 Å². The van der Waals surface area contributed by atoms with Crippen molar-refractivity contribution in [2.45, 2.75) is 56.5 Å². The molecule has 0 aliphatic carbocycles. The van der Waals surface area contributed by atoms with Crippen molar-refractivity contribution in [3.05, 3.63) is 0 Å². The molecule has 3 saturated heterocycles. The van der Waals surface area contributed by atoms with Crippen LogP contribution in [-0.4, -0.2) is 63.8 Å². The zero-order valence-corrected chi connectivity index (χ0v) is 12.5. The highest BCUT2D eigenvalue weighted by Crippen LogP contribution is 2.18. The number of ether oxygens (including phenoxy) is 4. The Morgan fingerprint density at radius 2 is 1.71 bits per heavy atom. The summed E-state index contributed by atoms with van der Waals surface area (Å²) in [6, 6.07) is 0.410. The molecule has 0 bridgehead atoms. The van der Waals surface area contributed by atoms with Gasteiger partial charge in [-0.2, -0.15) is 0 Å². The van der Waals surface area contributed by atoms with Crippen LogP contribution in [-0.2, 0) is 18.9 Å². The number of nitrogens with two attached hydrogens (primary N) is 1. The molecule has 3 aliphatic rings. The highest BCUT2D eigenvalue weighted by molar-refractivity contribution is 4.81. The van der Waals surface area contributed by atoms with Crippen molar-refractivity contribution in [1.82, 2.24) is 10.6 Å². The molecule has 0 spiro atoms. The summed E-state index contributed by atoms with van der Waals surface area (Å²) in [5.41, 5.74) is 5.93. The first-order valence-electron chi connectivity index (χ1n) is 8.00. The first-order valence-corrected chi connectivity index (χ1v) is 8.00. The minimum Gasteiger partial charge on any atom is -0.378 e. The van der Waals surface area contributed by atoms with E-state index < -0.39 is 0 Å². The number of rotatable bonds is 4. The summed E-state index contributed by atoms with van der Waals surface area (Å²) >= 11 is 0. The topological polar surface area (TPSA) is 87.0 Å². The molecule has 0 aromatic heterocycles. The Bertz CT molecular complexity index is 315. The third kappa shape index (κ3) is 4.85. The molecule has 3 aliphatic heterocycles. The van der Waals surface area contributed by atoms with Crippen LogP contribution in [0.3, 0.4) is 0 Å². The molecule has 122 valence electrons. The largest absolute Gasteiger partial charge is 0.378 e. The smallest absolute Gasteiger partial charge is 0.133 e. The third-order valence-electron chi connectivity index (χ3n) is 4.11. The molecular weight excluding hydrogens is 274 g/mol. The van der Waals surface area contributed by atoms with Crippen molar-refractivity contribution in [1.29, 1.82) is 0 Å². The van der Waals surface area contributed by atoms with E-state index in [-0.39, 0.29) is 30.8 Å². The highest BCUT2D eigenvalue weighted by Gasteiger charge is 2.28. The quantitative estimate of drug-likeness (QED) is 0.646. The third-order valence-corrected chi connectivity index (χ3v) is 4.11. The molecule has 0 amide bonds. The fraction of sp³-hybridized carbons (Fsp3) is 1.00. The highest BCUT2D eigenvalue weighted by atomic mass is 16.6. The lowest BCUT2D eigenvalue weighted by atomic mass is 10.1. The van der Waals surface area contributed by atoms with E-state index in [0.717, 1.165) is 25.7 Å². The van der Waals surface area contributed by atoms with Gasteiger partial charge in [0.05, 0.1) is 33.0 Å². The average Bonchev–Trinajstić information content (AvgIpc) is 2.49. The van der Waals surface area contributed by atoms with Crippen molar-refractivity contribution in [3.8, 4) is 0 Å². The van der Waals surface area contributed by atoms with Gasteiger partial charge >= 0.3 is 0 Å². The molecule has 0 aromatic rings. The van der Waals surface area contributed by atoms with E-state index >= 15 is 0 Å². The maximum absolute atomic E-state index is 6.07. The van der Waals surface area contributed by atoms with Crippen molar-refractivity contribution in [3.63, 3.8) is 0 Å². The molecule has 3 heterocycles. The second kappa shape index (κ2) is 7.82. The summed E-state index contributed by atoms with van der Waals surface area (Å²) in [5, 5.41) is 6.88. The molecule has 3 fully saturated rings. The van der Waals surface area contributed by atoms with Crippen LogP contribution in [0.5, 0.6) is 0 Å². The predicted octanol–water partition coefficient (Wildman–Crippen LogP) is -0.493. The number of hydrogen-bond acceptors (Lipinski definition) is 7. The zero-order chi connectivity index (χ0) is 14.5. The Hall–Kier alpha value is -0.280. The van der Waals surface area contributed by atoms with Gasteiger partial charge < -0.3 is 24.7 Å². The Kier molecular flexibility index (Phi) is 5.82. The SMILES string of the molecule is NC1COCC(NC2CCCC(NC3COCCO3)O2)C1. The molecule has 0 saturated carbocycles. The fourth-order valence-corrected chi connectivity index (χ4v) is 3.10. The van der Waals surface area contributed by atoms with E-state index in [1.165, 1.54) is 0 Å². The van der Waals surface area contributed by atoms with Crippen LogP contribution in [0.4, 0.5) is 0 Å². The van der Waals surface area contributed by atoms with Gasteiger partial charge in [0.1, 0.15) is 18.7 Å². The molecule has 7 nitrogen and oxygen atoms in total. The average molecular weight is 301 g/mol. The van der Waals surface area contributed by atoms with Crippen LogP contribution in [0.15, 0.2) is 0 Å². The Morgan fingerprint density at radius 1 is 0.857 bits per heavy atom. The molecule has 21 heavy (non-hydrogen) atoms. The van der Waals surface area contributed by atoms with E-state index in [0.29, 0.717) is 33.0 Å². The molecule has 4 N–H and O–H groups in total. The number of nitrogens with one attached hydrogen (secondary N) is 2. The molecular formula is C14H27N3O4. The predicted molar refractivity (Wildman–Crippen MR) is 76.5 cm³/mol. The van der Waals surface area contributed by atoms with Gasteiger partial charge in [-0.25, -0.2) is 0 Å². The summed E-state index contributed by atoms with van der Waals surface area (Å²) < 4.78 is 22.6. The van der Waals surface area contributed by atoms with Gasteiger partial charge in [0.15, 0.2) is 0 Å². The minimum atomic E-state index is -0.0612. The minimum absolute atomic E-state index is 0.0149. The second-order valence-corrected chi connectivity index (χ2v) is 6.04. The summed E-state index contributed by atoms with van der Waals surface area (Å²) in [5.74, 6) is 0. The lowest BCUT2D eigenvalue weighted by Gasteiger charge is -2.37. The standard InChI is InChI=1S/C14H27N3O4/c15-10-6-11(8-19-7-10)16-12-2-1-3-13(21-12)17-14-9-18-4-5-20-14/h10-14,16-17H,1-9,15H2. The summed E-state index contributed by atoms with van der Waals surface area (Å²) in [4.78, 5) is 0. The van der Waals surface area contributed by atoms with Crippen LogP contribution in [0.25, 0.3) is 0 Å². The Labute approximate surface area is 125 Å². The summed E-state index contributed by atoms with van der Waals surface area (Å²) in [6.07, 6.45) is 4.10. The molecule has 7 heteroatoms. The molecule has 5 unspecified atom stereocenters. The molecule has 3 rings (SSSR count). The van der Waals surface area contributed by atoms with Gasteiger partial charge in [0.25, 0.3) is 0 Å². The Morgan fingerprint density at radius 3 is 2.48 bits per heavy atom. The maximum atomic E-state index is 6.07. The van der Waals surface area contributed by atoms with Gasteiger partial charge in [-0.15, -0.1) is 0 Å². The second-order valence-electron chi connectivity index (χ2n) is 6.04. The van der Waals surface area contributed by atoms with Gasteiger partial charge in [0, 0.05) is 12.1 Å². The van der Waals surface area contributed by atoms with Crippen LogP contribution >= 0.6 is 0 Å². The van der Waals surface area contributed by atoms with Crippen LogP contribution in [0.1, 0.15) is 25.7 Å². The lowest BCUT2D eigenvalue weighted by molar-refractivity contribution is -0.152. The monoisotopic (exact) mass is 301 g/mol. The van der Waals surface area contributed by atoms with Crippen molar-refractivity contribution in [2.75, 3.05) is 33.0 Å². The lowest BCUT2D eigenvalue weighted by Crippen LogP contribution is -2.55. The molecule has 0 aromatic carbocycles. The van der Waals surface area contributed by atoms with Gasteiger partial charge in [0.2, 0.25) is 0 Å². The normalized spacial score (nSPS) is 41.9. The summed E-state index contributed by atoms with van der Waals surface area (Å²) in [7, 11) is 0. The van der Waals surface area contributed by atoms with E-state index in [4.69, 9.17) is 24.7 Å². The van der Waals surface area contributed by atoms with Crippen molar-refractivity contribution in [2.24, 2.45) is 5.73 Å². The van der Waals surface area contributed by atoms with Crippen molar-refractivity contribution >= 4 is 0 Å². The Balaban J connectivity index is 1.42. The summed E-state index contributed by atoms with van der Waals surface area (Å²) in [6.45, 7) is 3.28. The molecule has 0 radical (unpaired) electrons. The van der Waals surface area contributed by atoms with E-state index in [9.17, 15) is 0 Å². The van der Waals surface area contributed by atoms with E-state index in [1.54, 1.807) is 0 Å². The van der Waals surface area contributed by atoms with Crippen LogP contribution < -0.4 is 16.4 Å². The fourth-order valence-electron chi connectivity index (χ4n) is 3.10.